The number of unbranched alkanes of at least 4 members (excludes halogenated alkanes) is 1. The molecule has 0 amide bonds. The van der Waals surface area contributed by atoms with Crippen LogP contribution in [-0.4, -0.2) is 19.4 Å². The van der Waals surface area contributed by atoms with Gasteiger partial charge in [-0.15, -0.1) is 0 Å². The second-order valence-electron chi connectivity index (χ2n) is 5.40. The summed E-state index contributed by atoms with van der Waals surface area (Å²) in [6.07, 6.45) is 6.38. The number of hydrogen-bond acceptors (Lipinski definition) is 2. The van der Waals surface area contributed by atoms with Crippen LogP contribution in [0.3, 0.4) is 0 Å². The molecule has 0 aliphatic heterocycles. The highest BCUT2D eigenvalue weighted by atomic mass is 16.5. The van der Waals surface area contributed by atoms with Gasteiger partial charge in [0, 0.05) is 12.8 Å². The van der Waals surface area contributed by atoms with Crippen LogP contribution in [0.5, 0.6) is 5.75 Å². The first kappa shape index (κ1) is 16.3. The van der Waals surface area contributed by atoms with E-state index in [2.05, 4.69) is 54.4 Å². The number of aryl methyl sites for hydroxylation is 1. The van der Waals surface area contributed by atoms with E-state index in [1.54, 1.807) is 0 Å². The Morgan fingerprint density at radius 1 is 0.955 bits per heavy atom. The molecule has 0 aromatic heterocycles. The topological polar surface area (TPSA) is 21.6 Å². The molecule has 0 fully saturated rings. The Hall–Kier alpha value is -2.09. The summed E-state index contributed by atoms with van der Waals surface area (Å²) < 4.78 is 5.65. The molecule has 0 N–H and O–H groups in total. The maximum atomic E-state index is 5.65. The Balaban J connectivity index is 1.69. The predicted octanol–water partition coefficient (Wildman–Crippen LogP) is 4.92. The molecule has 0 radical (unpaired) electrons. The minimum atomic E-state index is 0.795. The van der Waals surface area contributed by atoms with Gasteiger partial charge in [0.15, 0.2) is 0 Å². The Bertz CT molecular complexity index is 546. The van der Waals surface area contributed by atoms with Gasteiger partial charge >= 0.3 is 0 Å². The number of aliphatic imine (C=N–C) groups is 1. The fourth-order valence-corrected chi connectivity index (χ4v) is 2.17. The van der Waals surface area contributed by atoms with Crippen molar-refractivity contribution in [3.63, 3.8) is 0 Å². The second-order valence-corrected chi connectivity index (χ2v) is 5.40. The van der Waals surface area contributed by atoms with Crippen LogP contribution in [-0.2, 0) is 6.42 Å². The van der Waals surface area contributed by atoms with Gasteiger partial charge in [-0.2, -0.15) is 0 Å². The molecule has 0 heterocycles. The van der Waals surface area contributed by atoms with Gasteiger partial charge in [-0.25, -0.2) is 0 Å². The van der Waals surface area contributed by atoms with E-state index >= 15 is 0 Å². The normalized spacial score (nSPS) is 11.0. The van der Waals surface area contributed by atoms with Gasteiger partial charge in [-0.05, 0) is 54.7 Å². The van der Waals surface area contributed by atoms with Crippen LogP contribution in [0.2, 0.25) is 0 Å². The zero-order valence-corrected chi connectivity index (χ0v) is 13.4. The van der Waals surface area contributed by atoms with E-state index < -0.39 is 0 Å². The summed E-state index contributed by atoms with van der Waals surface area (Å²) >= 11 is 0. The van der Waals surface area contributed by atoms with Crippen LogP contribution in [0, 0.1) is 0 Å². The molecule has 2 heteroatoms. The van der Waals surface area contributed by atoms with Gasteiger partial charge in [-0.3, -0.25) is 4.99 Å². The molecule has 116 valence electrons. The van der Waals surface area contributed by atoms with Gasteiger partial charge in [0.2, 0.25) is 0 Å². The molecule has 0 unspecified atom stereocenters. The lowest BCUT2D eigenvalue weighted by Gasteiger charge is -2.04. The molecule has 0 aliphatic carbocycles. The first-order chi connectivity index (χ1) is 10.9. The molecular weight excluding hydrogens is 270 g/mol. The number of benzene rings is 2. The molecule has 2 aromatic carbocycles. The molecule has 22 heavy (non-hydrogen) atoms. The van der Waals surface area contributed by atoms with Crippen LogP contribution in [0.15, 0.2) is 59.6 Å². The van der Waals surface area contributed by atoms with E-state index in [0.29, 0.717) is 0 Å². The quantitative estimate of drug-likeness (QED) is 0.475. The van der Waals surface area contributed by atoms with Crippen molar-refractivity contribution in [1.82, 2.24) is 0 Å². The molecule has 0 bridgehead atoms. The smallest absolute Gasteiger partial charge is 0.119 e. The third-order valence-electron chi connectivity index (χ3n) is 3.48. The van der Waals surface area contributed by atoms with E-state index in [1.807, 2.05) is 18.3 Å². The number of ether oxygens (including phenoxy) is 1. The average molecular weight is 295 g/mol. The molecule has 0 aliphatic rings. The fraction of sp³-hybridized carbons (Fsp3) is 0.350. The van der Waals surface area contributed by atoms with E-state index in [4.69, 9.17) is 4.74 Å². The minimum Gasteiger partial charge on any atom is -0.494 e. The predicted molar refractivity (Wildman–Crippen MR) is 94.1 cm³/mol. The van der Waals surface area contributed by atoms with Crippen molar-refractivity contribution in [3.8, 4) is 5.75 Å². The fourth-order valence-electron chi connectivity index (χ4n) is 2.17. The van der Waals surface area contributed by atoms with Gasteiger partial charge in [0.1, 0.15) is 5.75 Å². The van der Waals surface area contributed by atoms with Crippen molar-refractivity contribution in [2.75, 3.05) is 13.2 Å². The molecule has 0 saturated heterocycles. The van der Waals surface area contributed by atoms with Crippen molar-refractivity contribution < 1.29 is 4.74 Å². The summed E-state index contributed by atoms with van der Waals surface area (Å²) in [5.41, 5.74) is 2.51. The lowest BCUT2D eigenvalue weighted by Crippen LogP contribution is -1.96. The van der Waals surface area contributed by atoms with Gasteiger partial charge in [-0.1, -0.05) is 43.7 Å². The lowest BCUT2D eigenvalue weighted by molar-refractivity contribution is 0.309. The summed E-state index contributed by atoms with van der Waals surface area (Å²) in [6.45, 7) is 3.83. The first-order valence-electron chi connectivity index (χ1n) is 8.15. The van der Waals surface area contributed by atoms with Crippen LogP contribution in [0.1, 0.15) is 37.3 Å². The molecule has 2 aromatic rings. The highest BCUT2D eigenvalue weighted by molar-refractivity contribution is 5.79. The molecule has 2 nitrogen and oxygen atoms in total. The second kappa shape index (κ2) is 9.78. The van der Waals surface area contributed by atoms with Gasteiger partial charge < -0.3 is 4.74 Å². The van der Waals surface area contributed by atoms with E-state index in [1.165, 1.54) is 5.56 Å². The van der Waals surface area contributed by atoms with Gasteiger partial charge in [0.05, 0.1) is 6.61 Å². The van der Waals surface area contributed by atoms with Crippen LogP contribution >= 0.6 is 0 Å². The first-order valence-corrected chi connectivity index (χ1v) is 8.15. The largest absolute Gasteiger partial charge is 0.494 e. The third kappa shape index (κ3) is 6.13. The standard InChI is InChI=1S/C20H25NO/c1-2-3-16-22-20-13-11-19(12-14-20)17-21-15-7-10-18-8-5-4-6-9-18/h4-6,8-9,11-14,17H,2-3,7,10,15-16H2,1H3. The Kier molecular flexibility index (Phi) is 7.24. The summed E-state index contributed by atoms with van der Waals surface area (Å²) in [4.78, 5) is 4.50. The summed E-state index contributed by atoms with van der Waals surface area (Å²) in [5, 5.41) is 0. The minimum absolute atomic E-state index is 0.795. The van der Waals surface area contributed by atoms with E-state index in [9.17, 15) is 0 Å². The summed E-state index contributed by atoms with van der Waals surface area (Å²) in [6, 6.07) is 18.7. The highest BCUT2D eigenvalue weighted by Crippen LogP contribution is 2.11. The van der Waals surface area contributed by atoms with Crippen LogP contribution in [0.4, 0.5) is 0 Å². The average Bonchev–Trinajstić information content (AvgIpc) is 2.57. The Labute approximate surface area is 133 Å². The van der Waals surface area contributed by atoms with Crippen molar-refractivity contribution in [3.05, 3.63) is 65.7 Å². The molecule has 2 rings (SSSR count). The van der Waals surface area contributed by atoms with Crippen molar-refractivity contribution in [2.45, 2.75) is 32.6 Å². The molecule has 0 spiro atoms. The lowest BCUT2D eigenvalue weighted by atomic mass is 10.1. The Morgan fingerprint density at radius 2 is 1.73 bits per heavy atom. The van der Waals surface area contributed by atoms with Crippen molar-refractivity contribution in [2.24, 2.45) is 4.99 Å². The molecule has 0 saturated carbocycles. The number of nitrogens with zero attached hydrogens (tertiary/aromatic N) is 1. The van der Waals surface area contributed by atoms with E-state index in [0.717, 1.165) is 50.1 Å². The maximum Gasteiger partial charge on any atom is 0.119 e. The third-order valence-corrected chi connectivity index (χ3v) is 3.48. The maximum absolute atomic E-state index is 5.65. The summed E-state index contributed by atoms with van der Waals surface area (Å²) in [7, 11) is 0. The SMILES string of the molecule is CCCCOc1ccc(C=NCCCc2ccccc2)cc1. The van der Waals surface area contributed by atoms with E-state index in [-0.39, 0.29) is 0 Å². The summed E-state index contributed by atoms with van der Waals surface area (Å²) in [5.74, 6) is 0.940. The molecule has 0 atom stereocenters. The molecular formula is C20H25NO. The Morgan fingerprint density at radius 3 is 2.45 bits per heavy atom. The van der Waals surface area contributed by atoms with Crippen molar-refractivity contribution >= 4 is 6.21 Å². The van der Waals surface area contributed by atoms with Crippen LogP contribution in [0.25, 0.3) is 0 Å². The zero-order valence-electron chi connectivity index (χ0n) is 13.4. The highest BCUT2D eigenvalue weighted by Gasteiger charge is 1.94. The number of rotatable bonds is 9. The monoisotopic (exact) mass is 295 g/mol. The zero-order chi connectivity index (χ0) is 15.5. The van der Waals surface area contributed by atoms with Gasteiger partial charge in [0.25, 0.3) is 0 Å². The van der Waals surface area contributed by atoms with Crippen molar-refractivity contribution in [1.29, 1.82) is 0 Å². The van der Waals surface area contributed by atoms with Crippen LogP contribution < -0.4 is 4.74 Å². The number of hydrogen-bond donors (Lipinski definition) is 0.